The molecule has 1 N–H and O–H groups in total. The summed E-state index contributed by atoms with van der Waals surface area (Å²) in [6, 6.07) is 9.46. The SMILES string of the molecule is CCCC(C)(C)NC(=O)Cn1c(=O)c2c(ncn2CCOC)n(Cc2ccccc2)c1=O. The van der Waals surface area contributed by atoms with Gasteiger partial charge in [-0.2, -0.15) is 0 Å². The lowest BCUT2D eigenvalue weighted by Crippen LogP contribution is -2.49. The van der Waals surface area contributed by atoms with Gasteiger partial charge < -0.3 is 14.6 Å². The van der Waals surface area contributed by atoms with Crippen molar-refractivity contribution in [2.45, 2.75) is 58.8 Å². The van der Waals surface area contributed by atoms with Gasteiger partial charge in [-0.05, 0) is 25.8 Å². The second-order valence-electron chi connectivity index (χ2n) is 8.53. The van der Waals surface area contributed by atoms with Crippen LogP contribution in [0.4, 0.5) is 0 Å². The molecule has 0 saturated carbocycles. The van der Waals surface area contributed by atoms with Crippen LogP contribution in [0.1, 0.15) is 39.2 Å². The minimum Gasteiger partial charge on any atom is -0.383 e. The molecule has 0 aliphatic heterocycles. The Morgan fingerprint density at radius 2 is 1.88 bits per heavy atom. The number of hydrogen-bond donors (Lipinski definition) is 1. The predicted molar refractivity (Wildman–Crippen MR) is 123 cm³/mol. The fraction of sp³-hybridized carbons (Fsp3) is 0.478. The number of fused-ring (bicyclic) bond motifs is 1. The highest BCUT2D eigenvalue weighted by Gasteiger charge is 2.23. The molecule has 3 rings (SSSR count). The summed E-state index contributed by atoms with van der Waals surface area (Å²) >= 11 is 0. The number of nitrogens with zero attached hydrogens (tertiary/aromatic N) is 4. The Balaban J connectivity index is 2.09. The summed E-state index contributed by atoms with van der Waals surface area (Å²) < 4.78 is 9.24. The molecule has 0 spiro atoms. The maximum absolute atomic E-state index is 13.3. The van der Waals surface area contributed by atoms with Crippen LogP contribution in [0.15, 0.2) is 46.2 Å². The zero-order valence-corrected chi connectivity index (χ0v) is 19.1. The molecule has 9 nitrogen and oxygen atoms in total. The molecule has 0 aliphatic rings. The number of carbonyl (C=O) groups is 1. The van der Waals surface area contributed by atoms with Crippen molar-refractivity contribution in [3.8, 4) is 0 Å². The van der Waals surface area contributed by atoms with Gasteiger partial charge in [0.2, 0.25) is 5.91 Å². The van der Waals surface area contributed by atoms with Crippen LogP contribution in [0.3, 0.4) is 0 Å². The maximum Gasteiger partial charge on any atom is 0.333 e. The van der Waals surface area contributed by atoms with Crippen molar-refractivity contribution in [3.05, 3.63) is 63.1 Å². The third-order valence-electron chi connectivity index (χ3n) is 5.36. The minimum absolute atomic E-state index is 0.237. The standard InChI is InChI=1S/C23H31N5O4/c1-5-11-23(2,3)25-18(29)15-28-21(30)19-20(24-16-26(19)12-13-32-4)27(22(28)31)14-17-9-7-6-8-10-17/h6-10,16H,5,11-15H2,1-4H3,(H,25,29). The zero-order valence-electron chi connectivity index (χ0n) is 19.1. The molecule has 32 heavy (non-hydrogen) atoms. The first-order chi connectivity index (χ1) is 15.3. The third kappa shape index (κ3) is 5.16. The van der Waals surface area contributed by atoms with Crippen LogP contribution in [-0.4, -0.2) is 43.8 Å². The number of nitrogens with one attached hydrogen (secondary N) is 1. The summed E-state index contributed by atoms with van der Waals surface area (Å²) in [5.41, 5.74) is -0.0663. The van der Waals surface area contributed by atoms with Gasteiger partial charge in [0.25, 0.3) is 5.56 Å². The molecule has 0 fully saturated rings. The molecule has 0 aliphatic carbocycles. The summed E-state index contributed by atoms with van der Waals surface area (Å²) in [5.74, 6) is -0.379. The van der Waals surface area contributed by atoms with Crippen LogP contribution < -0.4 is 16.6 Å². The Bertz CT molecular complexity index is 1190. The summed E-state index contributed by atoms with van der Waals surface area (Å²) in [6.45, 7) is 6.55. The van der Waals surface area contributed by atoms with Crippen LogP contribution in [0.25, 0.3) is 11.2 Å². The van der Waals surface area contributed by atoms with E-state index in [1.165, 1.54) is 10.9 Å². The zero-order chi connectivity index (χ0) is 23.3. The number of benzene rings is 1. The van der Waals surface area contributed by atoms with E-state index in [0.717, 1.165) is 23.0 Å². The molecule has 0 bridgehead atoms. The van der Waals surface area contributed by atoms with Gasteiger partial charge in [-0.25, -0.2) is 14.3 Å². The molecule has 172 valence electrons. The summed E-state index contributed by atoms with van der Waals surface area (Å²) in [6.07, 6.45) is 3.22. The number of carbonyl (C=O) groups excluding carboxylic acids is 1. The topological polar surface area (TPSA) is 100 Å². The molecule has 2 heterocycles. The lowest BCUT2D eigenvalue weighted by Gasteiger charge is -2.26. The fourth-order valence-corrected chi connectivity index (χ4v) is 3.89. The molecule has 1 aromatic carbocycles. The largest absolute Gasteiger partial charge is 0.383 e. The van der Waals surface area contributed by atoms with E-state index in [1.54, 1.807) is 11.7 Å². The second-order valence-corrected chi connectivity index (χ2v) is 8.53. The molecule has 9 heteroatoms. The average Bonchev–Trinajstić information content (AvgIpc) is 3.17. The van der Waals surface area contributed by atoms with Gasteiger partial charge in [0.15, 0.2) is 11.2 Å². The van der Waals surface area contributed by atoms with Gasteiger partial charge in [0, 0.05) is 19.2 Å². The third-order valence-corrected chi connectivity index (χ3v) is 5.36. The van der Waals surface area contributed by atoms with Crippen LogP contribution in [0.2, 0.25) is 0 Å². The van der Waals surface area contributed by atoms with Gasteiger partial charge in [0.1, 0.15) is 6.54 Å². The molecular weight excluding hydrogens is 410 g/mol. The first kappa shape index (κ1) is 23.5. The van der Waals surface area contributed by atoms with Gasteiger partial charge in [-0.3, -0.25) is 14.2 Å². The van der Waals surface area contributed by atoms with Crippen LogP contribution in [0.5, 0.6) is 0 Å². The summed E-state index contributed by atoms with van der Waals surface area (Å²) in [5, 5.41) is 2.93. The number of methoxy groups -OCH3 is 1. The van der Waals surface area contributed by atoms with E-state index in [-0.39, 0.29) is 24.5 Å². The van der Waals surface area contributed by atoms with E-state index in [9.17, 15) is 14.4 Å². The van der Waals surface area contributed by atoms with E-state index in [0.29, 0.717) is 18.8 Å². The van der Waals surface area contributed by atoms with Gasteiger partial charge >= 0.3 is 5.69 Å². The van der Waals surface area contributed by atoms with E-state index < -0.39 is 16.8 Å². The first-order valence-corrected chi connectivity index (χ1v) is 10.8. The first-order valence-electron chi connectivity index (χ1n) is 10.8. The minimum atomic E-state index is -0.563. The molecule has 1 amide bonds. The van der Waals surface area contributed by atoms with E-state index in [1.807, 2.05) is 51.1 Å². The number of imidazole rings is 1. The van der Waals surface area contributed by atoms with E-state index in [4.69, 9.17) is 4.74 Å². The van der Waals surface area contributed by atoms with E-state index >= 15 is 0 Å². The van der Waals surface area contributed by atoms with Crippen molar-refractivity contribution < 1.29 is 9.53 Å². The van der Waals surface area contributed by atoms with Crippen LogP contribution >= 0.6 is 0 Å². The Labute approximate surface area is 186 Å². The molecule has 0 atom stereocenters. The van der Waals surface area contributed by atoms with E-state index in [2.05, 4.69) is 10.3 Å². The number of hydrogen-bond acceptors (Lipinski definition) is 5. The Morgan fingerprint density at radius 3 is 2.53 bits per heavy atom. The van der Waals surface area contributed by atoms with Gasteiger partial charge in [-0.15, -0.1) is 0 Å². The molecule has 3 aromatic rings. The molecule has 2 aromatic heterocycles. The van der Waals surface area contributed by atoms with Crippen molar-refractivity contribution in [3.63, 3.8) is 0 Å². The fourth-order valence-electron chi connectivity index (χ4n) is 3.89. The predicted octanol–water partition coefficient (Wildman–Crippen LogP) is 1.75. The molecule has 0 saturated heterocycles. The highest BCUT2D eigenvalue weighted by atomic mass is 16.5. The lowest BCUT2D eigenvalue weighted by atomic mass is 9.99. The quantitative estimate of drug-likeness (QED) is 0.517. The molecular formula is C23H31N5O4. The molecule has 0 radical (unpaired) electrons. The Morgan fingerprint density at radius 1 is 1.16 bits per heavy atom. The number of amides is 1. The molecule has 0 unspecified atom stereocenters. The highest BCUT2D eigenvalue weighted by Crippen LogP contribution is 2.12. The Kier molecular flexibility index (Phi) is 7.29. The smallest absolute Gasteiger partial charge is 0.333 e. The normalized spacial score (nSPS) is 11.8. The average molecular weight is 442 g/mol. The van der Waals surface area contributed by atoms with Crippen LogP contribution in [0, 0.1) is 0 Å². The lowest BCUT2D eigenvalue weighted by molar-refractivity contribution is -0.123. The number of aromatic nitrogens is 4. The Hall–Kier alpha value is -3.20. The maximum atomic E-state index is 13.3. The summed E-state index contributed by atoms with van der Waals surface area (Å²) in [7, 11) is 1.57. The van der Waals surface area contributed by atoms with Crippen LogP contribution in [-0.2, 0) is 29.2 Å². The second kappa shape index (κ2) is 9.95. The monoisotopic (exact) mass is 441 g/mol. The number of ether oxygens (including phenoxy) is 1. The number of rotatable bonds is 10. The van der Waals surface area contributed by atoms with Crippen molar-refractivity contribution in [2.75, 3.05) is 13.7 Å². The van der Waals surface area contributed by atoms with Crippen molar-refractivity contribution in [1.82, 2.24) is 24.0 Å². The van der Waals surface area contributed by atoms with Gasteiger partial charge in [0.05, 0.1) is 19.5 Å². The highest BCUT2D eigenvalue weighted by molar-refractivity contribution is 5.77. The van der Waals surface area contributed by atoms with Gasteiger partial charge in [-0.1, -0.05) is 43.7 Å². The van der Waals surface area contributed by atoms with Crippen molar-refractivity contribution in [1.29, 1.82) is 0 Å². The summed E-state index contributed by atoms with van der Waals surface area (Å²) in [4.78, 5) is 43.7. The van der Waals surface area contributed by atoms with Crippen molar-refractivity contribution >= 4 is 17.1 Å². The van der Waals surface area contributed by atoms with Crippen molar-refractivity contribution in [2.24, 2.45) is 0 Å².